The van der Waals surface area contributed by atoms with E-state index in [0.29, 0.717) is 17.8 Å². The predicted octanol–water partition coefficient (Wildman–Crippen LogP) is 4.78. The number of carbonyl (C=O) groups excluding carboxylic acids is 1. The summed E-state index contributed by atoms with van der Waals surface area (Å²) in [4.78, 5) is 12.5. The minimum atomic E-state index is -0.00542. The van der Waals surface area contributed by atoms with Gasteiger partial charge in [-0.15, -0.1) is 0 Å². The summed E-state index contributed by atoms with van der Waals surface area (Å²) in [6.07, 6.45) is 11.3. The zero-order chi connectivity index (χ0) is 14.2. The van der Waals surface area contributed by atoms with Crippen LogP contribution in [0.4, 0.5) is 0 Å². The van der Waals surface area contributed by atoms with Crippen LogP contribution in [0.25, 0.3) is 0 Å². The van der Waals surface area contributed by atoms with E-state index in [2.05, 4.69) is 13.8 Å². The second-order valence-electron chi connectivity index (χ2n) is 6.94. The topological polar surface area (TPSA) is 26.3 Å². The Morgan fingerprint density at radius 2 is 2.00 bits per heavy atom. The van der Waals surface area contributed by atoms with E-state index in [-0.39, 0.29) is 5.41 Å². The van der Waals surface area contributed by atoms with Crippen LogP contribution in [0.2, 0.25) is 0 Å². The minimum Gasteiger partial charge on any atom is -0.495 e. The lowest BCUT2D eigenvalue weighted by atomic mass is 9.63. The summed E-state index contributed by atoms with van der Waals surface area (Å²) in [7, 11) is 0. The lowest BCUT2D eigenvalue weighted by Crippen LogP contribution is -2.39. The van der Waals surface area contributed by atoms with E-state index < -0.39 is 0 Å². The van der Waals surface area contributed by atoms with Crippen LogP contribution in [0.3, 0.4) is 0 Å². The third-order valence-electron chi connectivity index (χ3n) is 5.81. The van der Waals surface area contributed by atoms with Gasteiger partial charge in [0.15, 0.2) is 0 Å². The van der Waals surface area contributed by atoms with E-state index in [1.54, 1.807) is 0 Å². The lowest BCUT2D eigenvalue weighted by Gasteiger charge is -2.43. The van der Waals surface area contributed by atoms with Gasteiger partial charge in [0, 0.05) is 18.3 Å². The molecule has 0 spiro atoms. The van der Waals surface area contributed by atoms with Crippen molar-refractivity contribution in [2.75, 3.05) is 0 Å². The number of ether oxygens (including phenoxy) is 1. The average molecular weight is 276 g/mol. The third-order valence-corrected chi connectivity index (χ3v) is 5.81. The second kappa shape index (κ2) is 5.54. The van der Waals surface area contributed by atoms with Crippen molar-refractivity contribution in [2.24, 2.45) is 11.3 Å². The highest BCUT2D eigenvalue weighted by molar-refractivity contribution is 5.88. The standard InChI is InChI=1S/C18H28O2/c1-3-5-13-6-7-14-15-8-9-17(19)18(15,11-4-2)12-10-16(14)20-13/h13,15H,3-12H2,1-2H3. The SMILES string of the molecule is CCCC1CCC2=C(CCC3(CCC)C(=O)CCC23)O1. The first-order valence-corrected chi connectivity index (χ1v) is 8.63. The zero-order valence-corrected chi connectivity index (χ0v) is 13.0. The van der Waals surface area contributed by atoms with E-state index in [0.717, 1.165) is 38.5 Å². The van der Waals surface area contributed by atoms with Crippen molar-refractivity contribution in [3.05, 3.63) is 11.3 Å². The molecule has 0 aromatic carbocycles. The average Bonchev–Trinajstić information content (AvgIpc) is 2.77. The summed E-state index contributed by atoms with van der Waals surface area (Å²) in [5.74, 6) is 2.34. The molecule has 0 aromatic rings. The molecule has 1 aliphatic heterocycles. The summed E-state index contributed by atoms with van der Waals surface area (Å²) < 4.78 is 6.27. The molecule has 2 heteroatoms. The van der Waals surface area contributed by atoms with Gasteiger partial charge in [0.25, 0.3) is 0 Å². The van der Waals surface area contributed by atoms with Gasteiger partial charge in [0.2, 0.25) is 0 Å². The number of hydrogen-bond donors (Lipinski definition) is 0. The molecule has 0 amide bonds. The molecule has 0 N–H and O–H groups in total. The Balaban J connectivity index is 1.85. The van der Waals surface area contributed by atoms with Crippen LogP contribution < -0.4 is 0 Å². The van der Waals surface area contributed by atoms with Crippen molar-refractivity contribution in [2.45, 2.75) is 84.2 Å². The van der Waals surface area contributed by atoms with Gasteiger partial charge in [-0.25, -0.2) is 0 Å². The highest BCUT2D eigenvalue weighted by atomic mass is 16.5. The van der Waals surface area contributed by atoms with Crippen molar-refractivity contribution >= 4 is 5.78 Å². The van der Waals surface area contributed by atoms with Gasteiger partial charge in [0.05, 0.1) is 11.9 Å². The first-order valence-electron chi connectivity index (χ1n) is 8.63. The fourth-order valence-electron chi connectivity index (χ4n) is 4.94. The molecule has 2 nitrogen and oxygen atoms in total. The second-order valence-corrected chi connectivity index (χ2v) is 6.94. The minimum absolute atomic E-state index is 0.00542. The van der Waals surface area contributed by atoms with E-state index in [4.69, 9.17) is 4.74 Å². The van der Waals surface area contributed by atoms with Crippen molar-refractivity contribution in [3.63, 3.8) is 0 Å². The first-order chi connectivity index (χ1) is 9.71. The van der Waals surface area contributed by atoms with Crippen molar-refractivity contribution in [1.29, 1.82) is 0 Å². The van der Waals surface area contributed by atoms with Crippen molar-refractivity contribution < 1.29 is 9.53 Å². The smallest absolute Gasteiger partial charge is 0.139 e. The summed E-state index contributed by atoms with van der Waals surface area (Å²) in [5, 5.41) is 0. The summed E-state index contributed by atoms with van der Waals surface area (Å²) in [6.45, 7) is 4.45. The molecular formula is C18H28O2. The molecule has 3 aliphatic rings. The summed E-state index contributed by atoms with van der Waals surface area (Å²) >= 11 is 0. The Morgan fingerprint density at radius 1 is 1.15 bits per heavy atom. The van der Waals surface area contributed by atoms with E-state index in [1.165, 1.54) is 37.0 Å². The van der Waals surface area contributed by atoms with Gasteiger partial charge in [0.1, 0.15) is 5.78 Å². The summed E-state index contributed by atoms with van der Waals surface area (Å²) in [5.41, 5.74) is 1.53. The monoisotopic (exact) mass is 276 g/mol. The highest BCUT2D eigenvalue weighted by Crippen LogP contribution is 2.57. The molecule has 0 radical (unpaired) electrons. The highest BCUT2D eigenvalue weighted by Gasteiger charge is 2.53. The van der Waals surface area contributed by atoms with Crippen LogP contribution >= 0.6 is 0 Å². The van der Waals surface area contributed by atoms with Gasteiger partial charge < -0.3 is 4.74 Å². The maximum Gasteiger partial charge on any atom is 0.139 e. The molecule has 3 atom stereocenters. The van der Waals surface area contributed by atoms with E-state index >= 15 is 0 Å². The molecule has 112 valence electrons. The maximum atomic E-state index is 12.5. The molecule has 2 aliphatic carbocycles. The molecule has 1 heterocycles. The molecule has 1 saturated carbocycles. The number of carbonyl (C=O) groups is 1. The lowest BCUT2D eigenvalue weighted by molar-refractivity contribution is -0.128. The van der Waals surface area contributed by atoms with Crippen molar-refractivity contribution in [1.82, 2.24) is 0 Å². The molecular weight excluding hydrogens is 248 g/mol. The Bertz CT molecular complexity index is 423. The van der Waals surface area contributed by atoms with Gasteiger partial charge in [-0.3, -0.25) is 4.79 Å². The Kier molecular flexibility index (Phi) is 3.92. The Labute approximate surface area is 123 Å². The predicted molar refractivity (Wildman–Crippen MR) is 80.3 cm³/mol. The molecule has 3 unspecified atom stereocenters. The largest absolute Gasteiger partial charge is 0.495 e. The number of allylic oxidation sites excluding steroid dienone is 2. The number of ketones is 1. The zero-order valence-electron chi connectivity index (χ0n) is 13.0. The molecule has 1 fully saturated rings. The molecule has 3 rings (SSSR count). The normalized spacial score (nSPS) is 36.6. The van der Waals surface area contributed by atoms with Crippen LogP contribution in [0.5, 0.6) is 0 Å². The number of hydrogen-bond acceptors (Lipinski definition) is 2. The number of fused-ring (bicyclic) bond motifs is 2. The molecule has 0 bridgehead atoms. The third kappa shape index (κ3) is 2.12. The Hall–Kier alpha value is -0.790. The molecule has 0 saturated heterocycles. The van der Waals surface area contributed by atoms with Gasteiger partial charge in [-0.05, 0) is 50.0 Å². The quantitative estimate of drug-likeness (QED) is 0.738. The number of Topliss-reactive ketones (excluding diaryl/α,β-unsaturated/α-hetero) is 1. The van der Waals surface area contributed by atoms with Crippen LogP contribution in [0, 0.1) is 11.3 Å². The van der Waals surface area contributed by atoms with Gasteiger partial charge in [-0.2, -0.15) is 0 Å². The van der Waals surface area contributed by atoms with E-state index in [1.807, 2.05) is 0 Å². The number of rotatable bonds is 4. The van der Waals surface area contributed by atoms with Crippen molar-refractivity contribution in [3.8, 4) is 0 Å². The fourth-order valence-corrected chi connectivity index (χ4v) is 4.94. The van der Waals surface area contributed by atoms with Gasteiger partial charge in [-0.1, -0.05) is 26.7 Å². The maximum absolute atomic E-state index is 12.5. The van der Waals surface area contributed by atoms with Crippen LogP contribution in [-0.4, -0.2) is 11.9 Å². The van der Waals surface area contributed by atoms with Crippen LogP contribution in [0.1, 0.15) is 78.1 Å². The first kappa shape index (κ1) is 14.2. The van der Waals surface area contributed by atoms with Crippen LogP contribution in [0.15, 0.2) is 11.3 Å². The summed E-state index contributed by atoms with van der Waals surface area (Å²) in [6, 6.07) is 0. The van der Waals surface area contributed by atoms with Gasteiger partial charge >= 0.3 is 0 Å². The Morgan fingerprint density at radius 3 is 2.75 bits per heavy atom. The fraction of sp³-hybridized carbons (Fsp3) is 0.833. The molecule has 0 aromatic heterocycles. The molecule has 20 heavy (non-hydrogen) atoms. The van der Waals surface area contributed by atoms with Crippen LogP contribution in [-0.2, 0) is 9.53 Å². The van der Waals surface area contributed by atoms with E-state index in [9.17, 15) is 4.79 Å².